The molecule has 0 saturated carbocycles. The van der Waals surface area contributed by atoms with E-state index in [4.69, 9.17) is 22.4 Å². The highest BCUT2D eigenvalue weighted by Gasteiger charge is 2.28. The van der Waals surface area contributed by atoms with Crippen LogP contribution in [0.15, 0.2) is 24.3 Å². The minimum absolute atomic E-state index is 0.160. The summed E-state index contributed by atoms with van der Waals surface area (Å²) in [5.74, 6) is -1.02. The number of benzene rings is 1. The fourth-order valence-electron chi connectivity index (χ4n) is 1.85. The average molecular weight is 242 g/mol. The van der Waals surface area contributed by atoms with Crippen molar-refractivity contribution in [2.45, 2.75) is 25.8 Å². The first kappa shape index (κ1) is 13.0. The molecule has 0 fully saturated rings. The number of carboxylic acid groups (broad SMARTS) is 1. The van der Waals surface area contributed by atoms with Crippen molar-refractivity contribution in [1.29, 1.82) is 0 Å². The van der Waals surface area contributed by atoms with Crippen LogP contribution in [0.5, 0.6) is 0 Å². The molecule has 0 aliphatic heterocycles. The Kier molecular flexibility index (Phi) is 4.33. The molecule has 0 aliphatic carbocycles. The van der Waals surface area contributed by atoms with Crippen LogP contribution >= 0.6 is 11.6 Å². The third-order valence-electron chi connectivity index (χ3n) is 2.65. The van der Waals surface area contributed by atoms with Crippen molar-refractivity contribution in [3.8, 4) is 0 Å². The van der Waals surface area contributed by atoms with Gasteiger partial charge in [0.2, 0.25) is 0 Å². The molecule has 0 aromatic heterocycles. The number of nitrogens with two attached hydrogens (primary N) is 1. The number of hydrogen-bond acceptors (Lipinski definition) is 2. The second-order valence-corrected chi connectivity index (χ2v) is 4.62. The summed E-state index contributed by atoms with van der Waals surface area (Å²) >= 11 is 5.79. The van der Waals surface area contributed by atoms with Crippen molar-refractivity contribution in [3.05, 3.63) is 34.9 Å². The van der Waals surface area contributed by atoms with Gasteiger partial charge in [0.1, 0.15) is 6.04 Å². The molecule has 3 nitrogen and oxygen atoms in total. The largest absolute Gasteiger partial charge is 0.480 e. The number of aliphatic carboxylic acids is 1. The van der Waals surface area contributed by atoms with E-state index in [2.05, 4.69) is 0 Å². The predicted octanol–water partition coefficient (Wildman–Crippen LogP) is 2.49. The summed E-state index contributed by atoms with van der Waals surface area (Å²) in [7, 11) is 0. The van der Waals surface area contributed by atoms with E-state index in [1.54, 1.807) is 12.1 Å². The summed E-state index contributed by atoms with van der Waals surface area (Å²) in [6, 6.07) is 6.27. The Morgan fingerprint density at radius 1 is 1.31 bits per heavy atom. The Bertz CT molecular complexity index is 362. The van der Waals surface area contributed by atoms with Crippen molar-refractivity contribution >= 4 is 17.6 Å². The van der Waals surface area contributed by atoms with E-state index in [-0.39, 0.29) is 11.8 Å². The van der Waals surface area contributed by atoms with Crippen LogP contribution < -0.4 is 5.73 Å². The average Bonchev–Trinajstić information content (AvgIpc) is 2.20. The van der Waals surface area contributed by atoms with Crippen molar-refractivity contribution < 1.29 is 9.90 Å². The van der Waals surface area contributed by atoms with Crippen LogP contribution in [0.25, 0.3) is 0 Å². The zero-order valence-electron chi connectivity index (χ0n) is 9.35. The topological polar surface area (TPSA) is 63.3 Å². The lowest BCUT2D eigenvalue weighted by atomic mass is 9.83. The van der Waals surface area contributed by atoms with E-state index in [0.717, 1.165) is 5.56 Å². The molecule has 4 heteroatoms. The summed E-state index contributed by atoms with van der Waals surface area (Å²) in [6.07, 6.45) is 0. The second kappa shape index (κ2) is 5.32. The third kappa shape index (κ3) is 2.97. The van der Waals surface area contributed by atoms with E-state index in [1.165, 1.54) is 0 Å². The molecular weight excluding hydrogens is 226 g/mol. The van der Waals surface area contributed by atoms with Crippen molar-refractivity contribution in [2.24, 2.45) is 11.7 Å². The van der Waals surface area contributed by atoms with Gasteiger partial charge < -0.3 is 10.8 Å². The Morgan fingerprint density at radius 2 is 1.81 bits per heavy atom. The maximum atomic E-state index is 10.9. The van der Waals surface area contributed by atoms with Gasteiger partial charge in [0.05, 0.1) is 0 Å². The summed E-state index contributed by atoms with van der Waals surface area (Å²) in [6.45, 7) is 3.92. The van der Waals surface area contributed by atoms with Gasteiger partial charge in [-0.25, -0.2) is 0 Å². The predicted molar refractivity (Wildman–Crippen MR) is 64.6 cm³/mol. The van der Waals surface area contributed by atoms with Gasteiger partial charge in [-0.2, -0.15) is 0 Å². The zero-order valence-corrected chi connectivity index (χ0v) is 10.1. The number of hydrogen-bond donors (Lipinski definition) is 2. The maximum absolute atomic E-state index is 10.9. The maximum Gasteiger partial charge on any atom is 0.321 e. The number of carboxylic acids is 1. The minimum Gasteiger partial charge on any atom is -0.480 e. The second-order valence-electron chi connectivity index (χ2n) is 4.19. The molecule has 1 aromatic carbocycles. The van der Waals surface area contributed by atoms with Gasteiger partial charge >= 0.3 is 5.97 Å². The summed E-state index contributed by atoms with van der Waals surface area (Å²) in [4.78, 5) is 10.9. The molecule has 0 spiro atoms. The van der Waals surface area contributed by atoms with E-state index in [1.807, 2.05) is 26.0 Å². The Labute approximate surface area is 100 Å². The van der Waals surface area contributed by atoms with E-state index < -0.39 is 12.0 Å². The van der Waals surface area contributed by atoms with Crippen molar-refractivity contribution in [3.63, 3.8) is 0 Å². The lowest BCUT2D eigenvalue weighted by molar-refractivity contribution is -0.139. The normalized spacial score (nSPS) is 14.8. The van der Waals surface area contributed by atoms with Gasteiger partial charge in [-0.3, -0.25) is 4.79 Å². The van der Waals surface area contributed by atoms with E-state index in [9.17, 15) is 4.79 Å². The molecule has 0 amide bonds. The van der Waals surface area contributed by atoms with Gasteiger partial charge in [-0.1, -0.05) is 37.6 Å². The van der Waals surface area contributed by atoms with Crippen LogP contribution in [0, 0.1) is 5.92 Å². The molecule has 1 rings (SSSR count). The highest BCUT2D eigenvalue weighted by Crippen LogP contribution is 2.28. The lowest BCUT2D eigenvalue weighted by Gasteiger charge is -2.25. The SMILES string of the molecule is CC(C)C(c1ccc(Cl)cc1)[C@H](N)C(=O)O. The molecule has 1 unspecified atom stereocenters. The highest BCUT2D eigenvalue weighted by atomic mass is 35.5. The van der Waals surface area contributed by atoms with E-state index >= 15 is 0 Å². The van der Waals surface area contributed by atoms with Crippen LogP contribution in [0.2, 0.25) is 5.02 Å². The van der Waals surface area contributed by atoms with Gasteiger partial charge in [-0.15, -0.1) is 0 Å². The highest BCUT2D eigenvalue weighted by molar-refractivity contribution is 6.30. The summed E-state index contributed by atoms with van der Waals surface area (Å²) in [5, 5.41) is 9.60. The van der Waals surface area contributed by atoms with Gasteiger partial charge in [-0.05, 0) is 23.6 Å². The van der Waals surface area contributed by atoms with Crippen LogP contribution in [0.3, 0.4) is 0 Å². The molecular formula is C12H16ClNO2. The fraction of sp³-hybridized carbons (Fsp3) is 0.417. The molecule has 88 valence electrons. The molecule has 0 bridgehead atoms. The summed E-state index contributed by atoms with van der Waals surface area (Å²) < 4.78 is 0. The van der Waals surface area contributed by atoms with Crippen LogP contribution in [-0.4, -0.2) is 17.1 Å². The molecule has 0 aliphatic rings. The molecule has 0 heterocycles. The third-order valence-corrected chi connectivity index (χ3v) is 2.90. The molecule has 3 N–H and O–H groups in total. The van der Waals surface area contributed by atoms with E-state index in [0.29, 0.717) is 5.02 Å². The molecule has 16 heavy (non-hydrogen) atoms. The molecule has 1 aromatic rings. The number of rotatable bonds is 4. The Morgan fingerprint density at radius 3 is 2.19 bits per heavy atom. The standard InChI is InChI=1S/C12H16ClNO2/c1-7(2)10(11(14)12(15)16)8-3-5-9(13)6-4-8/h3-7,10-11H,14H2,1-2H3,(H,15,16)/t10?,11-/m0/s1. The Balaban J connectivity index is 3.03. The van der Waals surface area contributed by atoms with Crippen molar-refractivity contribution in [1.82, 2.24) is 0 Å². The zero-order chi connectivity index (χ0) is 12.3. The monoisotopic (exact) mass is 241 g/mol. The Hall–Kier alpha value is -1.06. The summed E-state index contributed by atoms with van der Waals surface area (Å²) in [5.41, 5.74) is 6.61. The lowest BCUT2D eigenvalue weighted by Crippen LogP contribution is -2.38. The first-order valence-electron chi connectivity index (χ1n) is 5.17. The quantitative estimate of drug-likeness (QED) is 0.851. The molecule has 0 saturated heterocycles. The fourth-order valence-corrected chi connectivity index (χ4v) is 1.97. The minimum atomic E-state index is -0.978. The van der Waals surface area contributed by atoms with Crippen LogP contribution in [-0.2, 0) is 4.79 Å². The molecule has 0 radical (unpaired) electrons. The molecule has 2 atom stereocenters. The first-order chi connectivity index (χ1) is 7.43. The van der Waals surface area contributed by atoms with Crippen LogP contribution in [0.4, 0.5) is 0 Å². The number of carbonyl (C=O) groups is 1. The van der Waals surface area contributed by atoms with Gasteiger partial charge in [0.15, 0.2) is 0 Å². The smallest absolute Gasteiger partial charge is 0.321 e. The van der Waals surface area contributed by atoms with Gasteiger partial charge in [0.25, 0.3) is 0 Å². The van der Waals surface area contributed by atoms with Crippen molar-refractivity contribution in [2.75, 3.05) is 0 Å². The number of halogens is 1. The first-order valence-corrected chi connectivity index (χ1v) is 5.55. The van der Waals surface area contributed by atoms with Gasteiger partial charge in [0, 0.05) is 10.9 Å². The van der Waals surface area contributed by atoms with Crippen LogP contribution in [0.1, 0.15) is 25.3 Å².